The van der Waals surface area contributed by atoms with E-state index in [9.17, 15) is 5.11 Å². The van der Waals surface area contributed by atoms with Gasteiger partial charge in [-0.1, -0.05) is 18.5 Å². The Hall–Kier alpha value is 0.130. The summed E-state index contributed by atoms with van der Waals surface area (Å²) in [6.07, 6.45) is 1.25. The van der Waals surface area contributed by atoms with Gasteiger partial charge in [0.1, 0.15) is 4.34 Å². The summed E-state index contributed by atoms with van der Waals surface area (Å²) in [5.74, 6) is 0. The molecule has 0 bridgehead atoms. The Balaban J connectivity index is 2.08. The fourth-order valence-corrected chi connectivity index (χ4v) is 4.26. The number of rotatable bonds is 4. The largest absolute Gasteiger partial charge is 0.387 e. The molecule has 0 saturated heterocycles. The highest BCUT2D eigenvalue weighted by atomic mass is 79.9. The molecule has 17 heavy (non-hydrogen) atoms. The van der Waals surface area contributed by atoms with Crippen molar-refractivity contribution in [3.63, 3.8) is 0 Å². The van der Waals surface area contributed by atoms with Crippen LogP contribution in [-0.2, 0) is 12.8 Å². The summed E-state index contributed by atoms with van der Waals surface area (Å²) in [7, 11) is 0. The SMILES string of the molecule is CCc1ccc(CC(O)c2cc(Br)c(Cl)s2)s1. The molecule has 0 amide bonds. The van der Waals surface area contributed by atoms with Crippen LogP contribution in [0.3, 0.4) is 0 Å². The third-order valence-electron chi connectivity index (χ3n) is 2.45. The van der Waals surface area contributed by atoms with Gasteiger partial charge in [0, 0.05) is 25.5 Å². The van der Waals surface area contributed by atoms with Gasteiger partial charge < -0.3 is 5.11 Å². The second kappa shape index (κ2) is 5.85. The lowest BCUT2D eigenvalue weighted by Crippen LogP contribution is -1.97. The van der Waals surface area contributed by atoms with Crippen LogP contribution < -0.4 is 0 Å². The van der Waals surface area contributed by atoms with Gasteiger partial charge in [0.05, 0.1) is 6.10 Å². The molecule has 0 radical (unpaired) electrons. The molecule has 0 aliphatic heterocycles. The average Bonchev–Trinajstić information content (AvgIpc) is 2.87. The Labute approximate surface area is 122 Å². The summed E-state index contributed by atoms with van der Waals surface area (Å²) in [6, 6.07) is 6.12. The molecule has 0 fully saturated rings. The lowest BCUT2D eigenvalue weighted by atomic mass is 10.2. The zero-order valence-corrected chi connectivity index (χ0v) is 13.2. The molecule has 5 heteroatoms. The molecule has 1 unspecified atom stereocenters. The van der Waals surface area contributed by atoms with E-state index in [4.69, 9.17) is 11.6 Å². The van der Waals surface area contributed by atoms with Gasteiger partial charge in [-0.05, 0) is 40.5 Å². The minimum Gasteiger partial charge on any atom is -0.387 e. The van der Waals surface area contributed by atoms with E-state index in [0.717, 1.165) is 15.8 Å². The molecule has 0 aromatic carbocycles. The van der Waals surface area contributed by atoms with Crippen LogP contribution >= 0.6 is 50.2 Å². The van der Waals surface area contributed by atoms with Gasteiger partial charge in [-0.2, -0.15) is 0 Å². The van der Waals surface area contributed by atoms with Gasteiger partial charge >= 0.3 is 0 Å². The van der Waals surface area contributed by atoms with Crippen LogP contribution in [0.2, 0.25) is 4.34 Å². The van der Waals surface area contributed by atoms with Crippen LogP contribution in [0.5, 0.6) is 0 Å². The summed E-state index contributed by atoms with van der Waals surface area (Å²) >= 11 is 12.5. The molecule has 2 heterocycles. The van der Waals surface area contributed by atoms with Gasteiger partial charge in [-0.3, -0.25) is 0 Å². The topological polar surface area (TPSA) is 20.2 Å². The van der Waals surface area contributed by atoms with Crippen LogP contribution in [0.1, 0.15) is 27.7 Å². The third kappa shape index (κ3) is 3.32. The maximum absolute atomic E-state index is 10.1. The zero-order chi connectivity index (χ0) is 12.4. The number of aryl methyl sites for hydroxylation is 1. The van der Waals surface area contributed by atoms with Gasteiger partial charge in [0.2, 0.25) is 0 Å². The maximum atomic E-state index is 10.1. The van der Waals surface area contributed by atoms with E-state index in [-0.39, 0.29) is 0 Å². The van der Waals surface area contributed by atoms with Crippen LogP contribution in [-0.4, -0.2) is 5.11 Å². The molecular weight excluding hydrogens is 340 g/mol. The number of hydrogen-bond acceptors (Lipinski definition) is 3. The van der Waals surface area contributed by atoms with Crippen molar-refractivity contribution in [3.05, 3.63) is 41.6 Å². The van der Waals surface area contributed by atoms with Gasteiger partial charge in [-0.15, -0.1) is 22.7 Å². The summed E-state index contributed by atoms with van der Waals surface area (Å²) < 4.78 is 1.55. The first-order valence-corrected chi connectivity index (χ1v) is 8.11. The van der Waals surface area contributed by atoms with Crippen molar-refractivity contribution in [3.8, 4) is 0 Å². The minimum absolute atomic E-state index is 0.466. The first kappa shape index (κ1) is 13.6. The second-order valence-electron chi connectivity index (χ2n) is 3.71. The zero-order valence-electron chi connectivity index (χ0n) is 9.24. The maximum Gasteiger partial charge on any atom is 0.107 e. The Morgan fingerprint density at radius 3 is 2.59 bits per heavy atom. The average molecular weight is 352 g/mol. The molecule has 0 saturated carbocycles. The molecule has 1 atom stereocenters. The highest BCUT2D eigenvalue weighted by molar-refractivity contribution is 9.10. The quantitative estimate of drug-likeness (QED) is 0.816. The summed E-state index contributed by atoms with van der Waals surface area (Å²) in [5.41, 5.74) is 0. The van der Waals surface area contributed by atoms with E-state index in [0.29, 0.717) is 10.8 Å². The molecule has 0 aliphatic rings. The summed E-state index contributed by atoms with van der Waals surface area (Å²) in [6.45, 7) is 2.14. The smallest absolute Gasteiger partial charge is 0.107 e. The van der Waals surface area contributed by atoms with Crippen molar-refractivity contribution in [2.24, 2.45) is 0 Å². The number of hydrogen-bond donors (Lipinski definition) is 1. The molecule has 92 valence electrons. The Bertz CT molecular complexity index is 487. The van der Waals surface area contributed by atoms with E-state index < -0.39 is 6.10 Å². The minimum atomic E-state index is -0.466. The van der Waals surface area contributed by atoms with E-state index in [1.807, 2.05) is 6.07 Å². The van der Waals surface area contributed by atoms with Crippen molar-refractivity contribution < 1.29 is 5.11 Å². The van der Waals surface area contributed by atoms with E-state index in [1.165, 1.54) is 21.1 Å². The van der Waals surface area contributed by atoms with E-state index >= 15 is 0 Å². The number of aliphatic hydroxyl groups excluding tert-OH is 1. The monoisotopic (exact) mass is 350 g/mol. The van der Waals surface area contributed by atoms with Gasteiger partial charge in [0.25, 0.3) is 0 Å². The molecule has 2 aromatic rings. The highest BCUT2D eigenvalue weighted by Crippen LogP contribution is 2.36. The van der Waals surface area contributed by atoms with Gasteiger partial charge in [-0.25, -0.2) is 0 Å². The molecule has 1 nitrogen and oxygen atoms in total. The van der Waals surface area contributed by atoms with Crippen LogP contribution in [0.4, 0.5) is 0 Å². The van der Waals surface area contributed by atoms with Crippen molar-refractivity contribution in [2.75, 3.05) is 0 Å². The van der Waals surface area contributed by atoms with Crippen molar-refractivity contribution in [2.45, 2.75) is 25.9 Å². The Kier molecular flexibility index (Phi) is 4.66. The van der Waals surface area contributed by atoms with E-state index in [1.54, 1.807) is 11.3 Å². The number of aliphatic hydroxyl groups is 1. The van der Waals surface area contributed by atoms with Crippen molar-refractivity contribution in [1.82, 2.24) is 0 Å². The first-order chi connectivity index (χ1) is 8.10. The summed E-state index contributed by atoms with van der Waals surface area (Å²) in [4.78, 5) is 3.49. The molecule has 1 N–H and O–H groups in total. The fraction of sp³-hybridized carbons (Fsp3) is 0.333. The first-order valence-electron chi connectivity index (χ1n) is 5.30. The summed E-state index contributed by atoms with van der Waals surface area (Å²) in [5, 5.41) is 10.1. The lowest BCUT2D eigenvalue weighted by molar-refractivity contribution is 0.183. The second-order valence-corrected chi connectivity index (χ2v) is 7.50. The highest BCUT2D eigenvalue weighted by Gasteiger charge is 2.14. The molecule has 2 rings (SSSR count). The van der Waals surface area contributed by atoms with E-state index in [2.05, 4.69) is 35.0 Å². The predicted octanol–water partition coefficient (Wildman–Crippen LogP) is 5.06. The number of thiophene rings is 2. The third-order valence-corrected chi connectivity index (χ3v) is 6.28. The fourth-order valence-electron chi connectivity index (χ4n) is 1.54. The molecule has 0 spiro atoms. The predicted molar refractivity (Wildman–Crippen MR) is 79.4 cm³/mol. The molecule has 2 aromatic heterocycles. The molecular formula is C12H12BrClOS2. The lowest BCUT2D eigenvalue weighted by Gasteiger charge is -2.05. The standard InChI is InChI=1S/C12H12BrClOS2/c1-2-7-3-4-8(16-7)5-10(15)11-6-9(13)12(14)17-11/h3-4,6,10,15H,2,5H2,1H3. The Morgan fingerprint density at radius 1 is 1.35 bits per heavy atom. The van der Waals surface area contributed by atoms with Crippen LogP contribution in [0.15, 0.2) is 22.7 Å². The van der Waals surface area contributed by atoms with Crippen LogP contribution in [0.25, 0.3) is 0 Å². The Morgan fingerprint density at radius 2 is 2.06 bits per heavy atom. The van der Waals surface area contributed by atoms with Crippen molar-refractivity contribution in [1.29, 1.82) is 0 Å². The van der Waals surface area contributed by atoms with Crippen molar-refractivity contribution >= 4 is 50.2 Å². The normalized spacial score (nSPS) is 12.9. The molecule has 0 aliphatic carbocycles. The van der Waals surface area contributed by atoms with Crippen LogP contribution in [0, 0.1) is 0 Å². The number of halogens is 2. The van der Waals surface area contributed by atoms with Gasteiger partial charge in [0.15, 0.2) is 0 Å².